The van der Waals surface area contributed by atoms with Crippen LogP contribution in [-0.4, -0.2) is 47.9 Å². The molecule has 0 saturated carbocycles. The number of anilines is 1. The summed E-state index contributed by atoms with van der Waals surface area (Å²) in [4.78, 5) is 26.5. The molecule has 3 N–H and O–H groups in total. The van der Waals surface area contributed by atoms with Crippen LogP contribution in [-0.2, 0) is 4.79 Å². The summed E-state index contributed by atoms with van der Waals surface area (Å²) in [6.07, 6.45) is 7.20. The molecule has 0 bridgehead atoms. The molecule has 1 fully saturated rings. The Bertz CT molecular complexity index is 540. The molecule has 24 heavy (non-hydrogen) atoms. The van der Waals surface area contributed by atoms with Gasteiger partial charge in [-0.1, -0.05) is 12.8 Å². The van der Waals surface area contributed by atoms with Crippen molar-refractivity contribution >= 4 is 29.3 Å². The van der Waals surface area contributed by atoms with Gasteiger partial charge in [0.2, 0.25) is 5.91 Å². The highest BCUT2D eigenvalue weighted by molar-refractivity contribution is 7.98. The number of nitrogens with one attached hydrogen (secondary N) is 1. The summed E-state index contributed by atoms with van der Waals surface area (Å²) in [5.41, 5.74) is 7.20. The van der Waals surface area contributed by atoms with Crippen LogP contribution in [0.1, 0.15) is 42.5 Å². The molecule has 1 heterocycles. The zero-order valence-electron chi connectivity index (χ0n) is 14.3. The van der Waals surface area contributed by atoms with E-state index >= 15 is 0 Å². The van der Waals surface area contributed by atoms with Crippen molar-refractivity contribution in [1.29, 1.82) is 0 Å². The molecule has 0 unspecified atom stereocenters. The topological polar surface area (TPSA) is 75.4 Å². The van der Waals surface area contributed by atoms with E-state index in [1.54, 1.807) is 36.0 Å². The first-order valence-electron chi connectivity index (χ1n) is 8.56. The van der Waals surface area contributed by atoms with Crippen LogP contribution in [0.5, 0.6) is 0 Å². The van der Waals surface area contributed by atoms with Crippen LogP contribution in [0.2, 0.25) is 0 Å². The Morgan fingerprint density at radius 2 is 1.79 bits per heavy atom. The first-order valence-corrected chi connectivity index (χ1v) is 9.96. The molecule has 0 aliphatic carbocycles. The summed E-state index contributed by atoms with van der Waals surface area (Å²) in [5.74, 6) is 0.750. The fraction of sp³-hybridized carbons (Fsp3) is 0.556. The third-order valence-electron chi connectivity index (χ3n) is 4.26. The largest absolute Gasteiger partial charge is 0.339 e. The molecule has 0 radical (unpaired) electrons. The number of amides is 2. The van der Waals surface area contributed by atoms with E-state index in [-0.39, 0.29) is 11.8 Å². The average Bonchev–Trinajstić information content (AvgIpc) is 2.89. The van der Waals surface area contributed by atoms with E-state index in [0.29, 0.717) is 17.7 Å². The third-order valence-corrected chi connectivity index (χ3v) is 4.91. The highest BCUT2D eigenvalue weighted by Gasteiger charge is 2.17. The van der Waals surface area contributed by atoms with Gasteiger partial charge in [-0.2, -0.15) is 11.8 Å². The predicted molar refractivity (Wildman–Crippen MR) is 100 cm³/mol. The van der Waals surface area contributed by atoms with E-state index in [2.05, 4.69) is 5.32 Å². The Hall–Kier alpha value is -1.53. The van der Waals surface area contributed by atoms with Crippen LogP contribution in [0.25, 0.3) is 0 Å². The molecule has 5 nitrogen and oxygen atoms in total. The van der Waals surface area contributed by atoms with Gasteiger partial charge in [0, 0.05) is 24.3 Å². The number of likely N-dealkylation sites (tertiary alicyclic amines) is 1. The van der Waals surface area contributed by atoms with Gasteiger partial charge >= 0.3 is 0 Å². The van der Waals surface area contributed by atoms with Crippen LogP contribution in [0.15, 0.2) is 24.3 Å². The average molecular weight is 350 g/mol. The minimum absolute atomic E-state index is 0.0754. The summed E-state index contributed by atoms with van der Waals surface area (Å²) in [5, 5.41) is 2.81. The van der Waals surface area contributed by atoms with Crippen molar-refractivity contribution in [2.24, 2.45) is 5.73 Å². The van der Waals surface area contributed by atoms with Gasteiger partial charge in [0.15, 0.2) is 0 Å². The summed E-state index contributed by atoms with van der Waals surface area (Å²) in [6.45, 7) is 1.67. The Morgan fingerprint density at radius 1 is 1.17 bits per heavy atom. The van der Waals surface area contributed by atoms with Crippen molar-refractivity contribution < 1.29 is 9.59 Å². The maximum absolute atomic E-state index is 12.5. The van der Waals surface area contributed by atoms with Gasteiger partial charge in [-0.3, -0.25) is 9.59 Å². The summed E-state index contributed by atoms with van der Waals surface area (Å²) in [6, 6.07) is 6.58. The van der Waals surface area contributed by atoms with Gasteiger partial charge in [-0.25, -0.2) is 0 Å². The molecule has 2 amide bonds. The van der Waals surface area contributed by atoms with Crippen molar-refractivity contribution in [3.63, 3.8) is 0 Å². The second kappa shape index (κ2) is 9.69. The second-order valence-corrected chi connectivity index (χ2v) is 7.15. The highest BCUT2D eigenvalue weighted by atomic mass is 32.2. The number of nitrogens with two attached hydrogens (primary N) is 1. The Morgan fingerprint density at radius 3 is 2.38 bits per heavy atom. The standard InChI is InChI=1S/C18H27N3O2S/c1-24-13-10-16(19)17(22)20-15-8-6-14(7-9-15)18(23)21-11-4-2-3-5-12-21/h6-9,16H,2-5,10-13,19H2,1H3,(H,20,22)/t16-/m0/s1. The lowest BCUT2D eigenvalue weighted by Crippen LogP contribution is -2.36. The molecule has 132 valence electrons. The van der Waals surface area contributed by atoms with Crippen molar-refractivity contribution in [3.8, 4) is 0 Å². The Labute approximate surface area is 148 Å². The molecule has 2 rings (SSSR count). The molecule has 0 aromatic heterocycles. The lowest BCUT2D eigenvalue weighted by molar-refractivity contribution is -0.117. The van der Waals surface area contributed by atoms with Crippen LogP contribution in [0, 0.1) is 0 Å². The van der Waals surface area contributed by atoms with Gasteiger partial charge in [0.05, 0.1) is 6.04 Å². The third kappa shape index (κ3) is 5.53. The predicted octanol–water partition coefficient (Wildman–Crippen LogP) is 2.72. The molecule has 1 saturated heterocycles. The maximum Gasteiger partial charge on any atom is 0.253 e. The fourth-order valence-corrected chi connectivity index (χ4v) is 3.25. The molecular formula is C18H27N3O2S. The SMILES string of the molecule is CSCC[C@H](N)C(=O)Nc1ccc(C(=O)N2CCCCCC2)cc1. The fourth-order valence-electron chi connectivity index (χ4n) is 2.76. The van der Waals surface area contributed by atoms with Crippen LogP contribution in [0.4, 0.5) is 5.69 Å². The van der Waals surface area contributed by atoms with Gasteiger partial charge in [-0.15, -0.1) is 0 Å². The van der Waals surface area contributed by atoms with Gasteiger partial charge in [0.1, 0.15) is 0 Å². The van der Waals surface area contributed by atoms with Crippen LogP contribution < -0.4 is 11.1 Å². The molecule has 1 aromatic carbocycles. The number of thioether (sulfide) groups is 1. The molecule has 1 atom stereocenters. The van der Waals surface area contributed by atoms with E-state index in [0.717, 1.165) is 31.7 Å². The zero-order valence-corrected chi connectivity index (χ0v) is 15.1. The van der Waals surface area contributed by atoms with E-state index in [4.69, 9.17) is 5.73 Å². The lowest BCUT2D eigenvalue weighted by atomic mass is 10.1. The zero-order chi connectivity index (χ0) is 17.4. The van der Waals surface area contributed by atoms with Gasteiger partial charge in [0.25, 0.3) is 5.91 Å². The number of hydrogen-bond donors (Lipinski definition) is 2. The molecular weight excluding hydrogens is 322 g/mol. The smallest absolute Gasteiger partial charge is 0.253 e. The van der Waals surface area contributed by atoms with E-state index < -0.39 is 6.04 Å². The lowest BCUT2D eigenvalue weighted by Gasteiger charge is -2.20. The van der Waals surface area contributed by atoms with Crippen LogP contribution >= 0.6 is 11.8 Å². The number of nitrogens with zero attached hydrogens (tertiary/aromatic N) is 1. The number of carbonyl (C=O) groups excluding carboxylic acids is 2. The van der Waals surface area contributed by atoms with Gasteiger partial charge < -0.3 is 16.0 Å². The van der Waals surface area contributed by atoms with Crippen molar-refractivity contribution in [3.05, 3.63) is 29.8 Å². The molecule has 1 aliphatic heterocycles. The summed E-state index contributed by atoms with van der Waals surface area (Å²) < 4.78 is 0. The number of hydrogen-bond acceptors (Lipinski definition) is 4. The molecule has 1 aromatic rings. The van der Waals surface area contributed by atoms with E-state index in [1.165, 1.54) is 12.8 Å². The van der Waals surface area contributed by atoms with Crippen molar-refractivity contribution in [1.82, 2.24) is 4.90 Å². The minimum Gasteiger partial charge on any atom is -0.339 e. The monoisotopic (exact) mass is 349 g/mol. The number of carbonyl (C=O) groups is 2. The summed E-state index contributed by atoms with van der Waals surface area (Å²) >= 11 is 1.67. The molecule has 1 aliphatic rings. The first-order chi connectivity index (χ1) is 11.6. The van der Waals surface area contributed by atoms with Crippen molar-refractivity contribution in [2.45, 2.75) is 38.1 Å². The molecule has 6 heteroatoms. The quantitative estimate of drug-likeness (QED) is 0.828. The highest BCUT2D eigenvalue weighted by Crippen LogP contribution is 2.16. The Kier molecular flexibility index (Phi) is 7.59. The number of benzene rings is 1. The first kappa shape index (κ1) is 18.8. The van der Waals surface area contributed by atoms with Gasteiger partial charge in [-0.05, 0) is 55.5 Å². The van der Waals surface area contributed by atoms with Crippen molar-refractivity contribution in [2.75, 3.05) is 30.4 Å². The normalized spacial score (nSPS) is 16.3. The molecule has 0 spiro atoms. The summed E-state index contributed by atoms with van der Waals surface area (Å²) in [7, 11) is 0. The Balaban J connectivity index is 1.92. The second-order valence-electron chi connectivity index (χ2n) is 6.16. The van der Waals surface area contributed by atoms with E-state index in [1.807, 2.05) is 11.2 Å². The van der Waals surface area contributed by atoms with Crippen LogP contribution in [0.3, 0.4) is 0 Å². The minimum atomic E-state index is -0.504. The van der Waals surface area contributed by atoms with E-state index in [9.17, 15) is 9.59 Å². The maximum atomic E-state index is 12.5. The number of rotatable bonds is 6.